The van der Waals surface area contributed by atoms with E-state index in [2.05, 4.69) is 90.0 Å². The molecule has 1 heterocycles. The summed E-state index contributed by atoms with van der Waals surface area (Å²) in [5, 5.41) is 12.1. The van der Waals surface area contributed by atoms with Crippen molar-refractivity contribution in [2.75, 3.05) is 21.3 Å². The van der Waals surface area contributed by atoms with Crippen molar-refractivity contribution in [2.45, 2.75) is 0 Å². The number of fused-ring (bicyclic) bond motifs is 1. The topological polar surface area (TPSA) is 145 Å². The lowest BCUT2D eigenvalue weighted by Crippen LogP contribution is -2.13. The number of halogens is 4. The number of nitrogens with zero attached hydrogens (tertiary/aromatic N) is 1. The molecular formula is C41H26Br4N6O4. The molecule has 0 radical (unpaired) electrons. The third-order valence-electron chi connectivity index (χ3n) is 8.38. The molecule has 14 heteroatoms. The molecule has 10 nitrogen and oxygen atoms in total. The van der Waals surface area contributed by atoms with Crippen molar-refractivity contribution in [3.8, 4) is 11.4 Å². The number of amides is 2. The minimum absolute atomic E-state index is 0.0844. The lowest BCUT2D eigenvalue weighted by molar-refractivity contribution is -0.111. The summed E-state index contributed by atoms with van der Waals surface area (Å²) in [5.41, 5.74) is 6.53. The summed E-state index contributed by atoms with van der Waals surface area (Å²) in [7, 11) is 0. The molecule has 2 aliphatic carbocycles. The summed E-state index contributed by atoms with van der Waals surface area (Å²) >= 11 is 14.3. The summed E-state index contributed by atoms with van der Waals surface area (Å²) < 4.78 is 2.50. The highest BCUT2D eigenvalue weighted by atomic mass is 79.9. The van der Waals surface area contributed by atoms with Gasteiger partial charge in [-0.1, -0.05) is 24.3 Å². The van der Waals surface area contributed by atoms with Gasteiger partial charge in [-0.05, 0) is 155 Å². The van der Waals surface area contributed by atoms with Crippen LogP contribution in [0, 0.1) is 0 Å². The molecule has 55 heavy (non-hydrogen) atoms. The van der Waals surface area contributed by atoms with Gasteiger partial charge in [0.15, 0.2) is 11.6 Å². The molecule has 0 fully saturated rings. The van der Waals surface area contributed by atoms with Gasteiger partial charge in [0, 0.05) is 65.0 Å². The molecule has 1 aromatic heterocycles. The van der Waals surface area contributed by atoms with E-state index in [9.17, 15) is 19.2 Å². The molecule has 5 aromatic rings. The molecule has 0 saturated heterocycles. The Bertz CT molecular complexity index is 2580. The number of ketones is 2. The Morgan fingerprint density at radius 2 is 1.15 bits per heavy atom. The molecular weight excluding hydrogens is 960 g/mol. The number of carbonyl (C=O) groups excluding carboxylic acids is 4. The van der Waals surface area contributed by atoms with Gasteiger partial charge >= 0.3 is 0 Å². The Morgan fingerprint density at radius 1 is 0.600 bits per heavy atom. The predicted octanol–water partition coefficient (Wildman–Crippen LogP) is 10.8. The Labute approximate surface area is 348 Å². The predicted molar refractivity (Wildman–Crippen MR) is 231 cm³/mol. The number of carbonyl (C=O) groups is 4. The van der Waals surface area contributed by atoms with Crippen LogP contribution < -0.4 is 21.3 Å². The fourth-order valence-corrected chi connectivity index (χ4v) is 8.33. The molecule has 2 amide bonds. The first-order valence-corrected chi connectivity index (χ1v) is 19.6. The number of H-pyrrole nitrogens is 1. The van der Waals surface area contributed by atoms with Crippen molar-refractivity contribution in [2.24, 2.45) is 0 Å². The van der Waals surface area contributed by atoms with Crippen molar-refractivity contribution >= 4 is 121 Å². The van der Waals surface area contributed by atoms with Crippen molar-refractivity contribution in [3.63, 3.8) is 0 Å². The number of rotatable bonds is 9. The van der Waals surface area contributed by atoms with Gasteiger partial charge in [-0.15, -0.1) is 0 Å². The van der Waals surface area contributed by atoms with E-state index in [1.54, 1.807) is 97.4 Å². The molecule has 0 atom stereocenters. The van der Waals surface area contributed by atoms with E-state index in [0.717, 1.165) is 16.8 Å². The van der Waals surface area contributed by atoms with Crippen LogP contribution in [0.5, 0.6) is 0 Å². The van der Waals surface area contributed by atoms with E-state index in [1.165, 1.54) is 12.2 Å². The number of imidazole rings is 1. The first kappa shape index (κ1) is 37.9. The Balaban J connectivity index is 1.01. The van der Waals surface area contributed by atoms with Gasteiger partial charge in [-0.2, -0.15) is 0 Å². The van der Waals surface area contributed by atoms with Gasteiger partial charge in [0.05, 0.1) is 21.4 Å². The summed E-state index contributed by atoms with van der Waals surface area (Å²) in [6, 6.07) is 19.4. The van der Waals surface area contributed by atoms with Gasteiger partial charge < -0.3 is 26.3 Å². The van der Waals surface area contributed by atoms with Gasteiger partial charge in [0.2, 0.25) is 0 Å². The van der Waals surface area contributed by atoms with Crippen LogP contribution >= 0.6 is 63.7 Å². The number of hydrogen-bond acceptors (Lipinski definition) is 7. The average Bonchev–Trinajstić information content (AvgIpc) is 3.61. The molecule has 0 spiro atoms. The number of allylic oxidation sites excluding steroid dienone is 10. The van der Waals surface area contributed by atoms with Crippen molar-refractivity contribution in [3.05, 3.63) is 168 Å². The highest BCUT2D eigenvalue weighted by molar-refractivity contribution is 9.11. The number of hydrogen-bond donors (Lipinski definition) is 5. The molecule has 4 aromatic carbocycles. The summed E-state index contributed by atoms with van der Waals surface area (Å²) in [6.07, 6.45) is 16.6. The van der Waals surface area contributed by atoms with Crippen molar-refractivity contribution < 1.29 is 19.2 Å². The van der Waals surface area contributed by atoms with Gasteiger partial charge in [-0.25, -0.2) is 4.98 Å². The van der Waals surface area contributed by atoms with E-state index in [-0.39, 0.29) is 23.4 Å². The van der Waals surface area contributed by atoms with Gasteiger partial charge in [-0.3, -0.25) is 19.2 Å². The monoisotopic (exact) mass is 982 g/mol. The Morgan fingerprint density at radius 3 is 1.76 bits per heavy atom. The second kappa shape index (κ2) is 16.5. The van der Waals surface area contributed by atoms with Crippen LogP contribution in [0.1, 0.15) is 20.7 Å². The zero-order chi connectivity index (χ0) is 38.6. The third kappa shape index (κ3) is 8.62. The van der Waals surface area contributed by atoms with Crippen LogP contribution in [0.4, 0.5) is 22.7 Å². The summed E-state index contributed by atoms with van der Waals surface area (Å²) in [4.78, 5) is 58.6. The van der Waals surface area contributed by atoms with Crippen LogP contribution in [0.15, 0.2) is 157 Å². The molecule has 0 saturated carbocycles. The van der Waals surface area contributed by atoms with Crippen molar-refractivity contribution in [1.82, 2.24) is 9.97 Å². The fraction of sp³-hybridized carbons (Fsp3) is 0. The molecule has 2 aliphatic rings. The fourth-order valence-electron chi connectivity index (χ4n) is 5.50. The second-order valence-electron chi connectivity index (χ2n) is 12.1. The number of aromatic nitrogens is 2. The highest BCUT2D eigenvalue weighted by Gasteiger charge is 2.19. The van der Waals surface area contributed by atoms with E-state index in [0.29, 0.717) is 68.6 Å². The van der Waals surface area contributed by atoms with E-state index >= 15 is 0 Å². The number of nitrogens with one attached hydrogen (secondary N) is 5. The second-order valence-corrected chi connectivity index (χ2v) is 15.4. The average molecular weight is 986 g/mol. The molecule has 0 unspecified atom stereocenters. The maximum atomic E-state index is 13.3. The summed E-state index contributed by atoms with van der Waals surface area (Å²) in [5.74, 6) is -0.221. The molecule has 0 bridgehead atoms. The largest absolute Gasteiger partial charge is 0.361 e. The first-order chi connectivity index (χ1) is 26.5. The van der Waals surface area contributed by atoms with Crippen molar-refractivity contribution in [1.29, 1.82) is 0 Å². The highest BCUT2D eigenvalue weighted by Crippen LogP contribution is 2.39. The first-order valence-electron chi connectivity index (χ1n) is 16.5. The number of aromatic amines is 1. The minimum atomic E-state index is -0.317. The summed E-state index contributed by atoms with van der Waals surface area (Å²) in [6.45, 7) is 0. The Hall–Kier alpha value is -5.41. The molecule has 0 aliphatic heterocycles. The van der Waals surface area contributed by atoms with E-state index < -0.39 is 0 Å². The van der Waals surface area contributed by atoms with E-state index in [4.69, 9.17) is 4.98 Å². The van der Waals surface area contributed by atoms with Crippen LogP contribution in [0.3, 0.4) is 0 Å². The zero-order valence-electron chi connectivity index (χ0n) is 28.2. The lowest BCUT2D eigenvalue weighted by atomic mass is 10.1. The van der Waals surface area contributed by atoms with Crippen LogP contribution in [0.25, 0.3) is 22.4 Å². The van der Waals surface area contributed by atoms with Crippen LogP contribution in [0.2, 0.25) is 0 Å². The Kier molecular flexibility index (Phi) is 11.4. The normalized spacial score (nSPS) is 14.9. The van der Waals surface area contributed by atoms with Crippen LogP contribution in [-0.4, -0.2) is 33.3 Å². The van der Waals surface area contributed by atoms with E-state index in [1.807, 2.05) is 18.2 Å². The van der Waals surface area contributed by atoms with Gasteiger partial charge in [0.1, 0.15) is 11.3 Å². The maximum Gasteiger partial charge on any atom is 0.255 e. The maximum absolute atomic E-state index is 13.3. The standard InChI is InChI=1S/C41H26Br4N6O4/c42-29-17-26(18-30(43)36(29)47-21-25-6-2-4-8-34(25)53)41(55)48-28-15-9-22(10-16-28)39-49-32-19-31(44)37(35(45)38(32)50-39)51-40(54)23-11-13-27(14-12-23)46-20-24-5-1-3-7-33(24)52/h1-21,46-47H,(H,48,55)(H,49,50)(H,51,54). The molecule has 5 N–H and O–H groups in total. The van der Waals surface area contributed by atoms with Gasteiger partial charge in [0.25, 0.3) is 11.8 Å². The lowest BCUT2D eigenvalue weighted by Gasteiger charge is -2.12. The molecule has 7 rings (SSSR count). The zero-order valence-corrected chi connectivity index (χ0v) is 34.6. The van der Waals surface area contributed by atoms with Crippen LogP contribution in [-0.2, 0) is 9.59 Å². The quantitative estimate of drug-likeness (QED) is 0.0925. The molecule has 272 valence electrons. The number of benzene rings is 4. The number of anilines is 4. The minimum Gasteiger partial charge on any atom is -0.361 e. The third-order valence-corrected chi connectivity index (χ3v) is 11.0. The smallest absolute Gasteiger partial charge is 0.255 e. The SMILES string of the molecule is O=C1C=CC=CC1=CNc1ccc(C(=O)Nc2c(Br)cc3[nH]c(-c4ccc(NC(=O)c5cc(Br)c(NC=C6C=CC=CC6=O)c(Br)c5)cc4)nc3c2Br)cc1.